The molecule has 0 saturated heterocycles. The monoisotopic (exact) mass is 354 g/mol. The predicted octanol–water partition coefficient (Wildman–Crippen LogP) is 4.25. The first-order chi connectivity index (χ1) is 11.3. The first kappa shape index (κ1) is 17.6. The quantitative estimate of drug-likeness (QED) is 0.892. The van der Waals surface area contributed by atoms with Gasteiger partial charge in [-0.1, -0.05) is 29.8 Å². The Morgan fingerprint density at radius 1 is 1.21 bits per heavy atom. The predicted molar refractivity (Wildman–Crippen MR) is 81.7 cm³/mol. The van der Waals surface area contributed by atoms with E-state index in [2.05, 4.69) is 5.32 Å². The van der Waals surface area contributed by atoms with E-state index in [0.717, 1.165) is 12.1 Å². The van der Waals surface area contributed by atoms with Gasteiger partial charge in [0.2, 0.25) is 0 Å². The van der Waals surface area contributed by atoms with Gasteiger partial charge in [-0.3, -0.25) is 4.79 Å². The number of anilines is 1. The molecule has 0 bridgehead atoms. The Bertz CT molecular complexity index is 801. The van der Waals surface area contributed by atoms with Crippen molar-refractivity contribution in [2.45, 2.75) is 6.18 Å². The van der Waals surface area contributed by atoms with Crippen molar-refractivity contribution in [1.82, 2.24) is 0 Å². The van der Waals surface area contributed by atoms with Gasteiger partial charge in [0.05, 0.1) is 21.8 Å². The standard InChI is InChI=1S/C16H10ClF3N2O2/c17-12-6-3-5-11(16(18,19)20)15(12)22-14(23)9-24-13-7-2-1-4-10(13)8-21/h1-7H,9H2,(H,22,23). The Kier molecular flexibility index (Phi) is 5.31. The zero-order chi connectivity index (χ0) is 17.7. The average molecular weight is 355 g/mol. The van der Waals surface area contributed by atoms with Crippen molar-refractivity contribution >= 4 is 23.2 Å². The number of hydrogen-bond donors (Lipinski definition) is 1. The highest BCUT2D eigenvalue weighted by Gasteiger charge is 2.34. The van der Waals surface area contributed by atoms with E-state index >= 15 is 0 Å². The summed E-state index contributed by atoms with van der Waals surface area (Å²) >= 11 is 5.75. The second-order valence-corrected chi connectivity index (χ2v) is 5.01. The van der Waals surface area contributed by atoms with Gasteiger partial charge in [0.25, 0.3) is 5.91 Å². The van der Waals surface area contributed by atoms with Crippen LogP contribution in [0.3, 0.4) is 0 Å². The van der Waals surface area contributed by atoms with Crippen LogP contribution < -0.4 is 10.1 Å². The van der Waals surface area contributed by atoms with Crippen LogP contribution >= 0.6 is 11.6 Å². The zero-order valence-corrected chi connectivity index (χ0v) is 12.8. The van der Waals surface area contributed by atoms with Crippen LogP contribution in [0.1, 0.15) is 11.1 Å². The number of nitrogens with zero attached hydrogens (tertiary/aromatic N) is 1. The fraction of sp³-hybridized carbons (Fsp3) is 0.125. The van der Waals surface area contributed by atoms with Crippen LogP contribution in [0.2, 0.25) is 5.02 Å². The maximum atomic E-state index is 13.0. The summed E-state index contributed by atoms with van der Waals surface area (Å²) in [7, 11) is 0. The average Bonchev–Trinajstić information content (AvgIpc) is 2.54. The van der Waals surface area contributed by atoms with Gasteiger partial charge >= 0.3 is 6.18 Å². The van der Waals surface area contributed by atoms with Crippen molar-refractivity contribution in [3.05, 3.63) is 58.6 Å². The minimum absolute atomic E-state index is 0.158. The molecule has 0 aromatic heterocycles. The lowest BCUT2D eigenvalue weighted by Gasteiger charge is -2.15. The van der Waals surface area contributed by atoms with Gasteiger partial charge in [-0.15, -0.1) is 0 Å². The number of hydrogen-bond acceptors (Lipinski definition) is 3. The lowest BCUT2D eigenvalue weighted by molar-refractivity contribution is -0.137. The van der Waals surface area contributed by atoms with Crippen molar-refractivity contribution in [3.8, 4) is 11.8 Å². The van der Waals surface area contributed by atoms with E-state index in [1.165, 1.54) is 18.2 Å². The van der Waals surface area contributed by atoms with Crippen molar-refractivity contribution in [2.75, 3.05) is 11.9 Å². The number of rotatable bonds is 4. The third kappa shape index (κ3) is 4.18. The summed E-state index contributed by atoms with van der Waals surface area (Å²) in [5.41, 5.74) is -1.38. The molecule has 2 rings (SSSR count). The van der Waals surface area contributed by atoms with E-state index in [1.54, 1.807) is 12.1 Å². The summed E-state index contributed by atoms with van der Waals surface area (Å²) < 4.78 is 44.0. The summed E-state index contributed by atoms with van der Waals surface area (Å²) in [5.74, 6) is -0.674. The maximum Gasteiger partial charge on any atom is 0.418 e. The number of nitrogens with one attached hydrogen (secondary N) is 1. The molecule has 1 N–H and O–H groups in total. The fourth-order valence-electron chi connectivity index (χ4n) is 1.89. The lowest BCUT2D eigenvalue weighted by atomic mass is 10.1. The molecule has 24 heavy (non-hydrogen) atoms. The van der Waals surface area contributed by atoms with Crippen molar-refractivity contribution in [1.29, 1.82) is 5.26 Å². The normalized spacial score (nSPS) is 10.8. The molecule has 0 atom stereocenters. The topological polar surface area (TPSA) is 62.1 Å². The van der Waals surface area contributed by atoms with E-state index in [9.17, 15) is 18.0 Å². The molecule has 0 radical (unpaired) electrons. The van der Waals surface area contributed by atoms with Crippen molar-refractivity contribution in [2.24, 2.45) is 0 Å². The van der Waals surface area contributed by atoms with E-state index < -0.39 is 29.9 Å². The lowest BCUT2D eigenvalue weighted by Crippen LogP contribution is -2.22. The highest BCUT2D eigenvalue weighted by atomic mass is 35.5. The van der Waals surface area contributed by atoms with Gasteiger partial charge in [-0.05, 0) is 24.3 Å². The maximum absolute atomic E-state index is 13.0. The summed E-state index contributed by atoms with van der Waals surface area (Å²) in [4.78, 5) is 11.9. The second kappa shape index (κ2) is 7.23. The van der Waals surface area contributed by atoms with Crippen LogP contribution in [-0.4, -0.2) is 12.5 Å². The molecule has 2 aromatic carbocycles. The molecule has 4 nitrogen and oxygen atoms in total. The third-order valence-electron chi connectivity index (χ3n) is 2.95. The molecule has 0 aliphatic rings. The molecule has 0 saturated carbocycles. The van der Waals surface area contributed by atoms with Gasteiger partial charge in [-0.25, -0.2) is 0 Å². The SMILES string of the molecule is N#Cc1ccccc1OCC(=O)Nc1c(Cl)cccc1C(F)(F)F. The zero-order valence-electron chi connectivity index (χ0n) is 12.0. The number of alkyl halides is 3. The number of carbonyl (C=O) groups excluding carboxylic acids is 1. The molecule has 0 fully saturated rings. The largest absolute Gasteiger partial charge is 0.482 e. The Labute approximate surface area is 140 Å². The molecule has 0 aliphatic heterocycles. The molecular formula is C16H10ClF3N2O2. The molecule has 0 spiro atoms. The number of nitriles is 1. The van der Waals surface area contributed by atoms with E-state index in [-0.39, 0.29) is 16.3 Å². The molecule has 124 valence electrons. The highest BCUT2D eigenvalue weighted by molar-refractivity contribution is 6.34. The summed E-state index contributed by atoms with van der Waals surface area (Å²) in [5, 5.41) is 10.8. The molecule has 2 aromatic rings. The minimum atomic E-state index is -4.66. The smallest absolute Gasteiger partial charge is 0.418 e. The minimum Gasteiger partial charge on any atom is -0.482 e. The Balaban J connectivity index is 2.13. The number of ether oxygens (including phenoxy) is 1. The van der Waals surface area contributed by atoms with Gasteiger partial charge in [0.1, 0.15) is 11.8 Å². The second-order valence-electron chi connectivity index (χ2n) is 4.60. The van der Waals surface area contributed by atoms with Crippen LogP contribution in [0.5, 0.6) is 5.75 Å². The third-order valence-corrected chi connectivity index (χ3v) is 3.26. The van der Waals surface area contributed by atoms with E-state index in [4.69, 9.17) is 21.6 Å². The Morgan fingerprint density at radius 3 is 2.58 bits per heavy atom. The number of para-hydroxylation sites is 2. The number of halogens is 4. The number of amides is 1. The highest BCUT2D eigenvalue weighted by Crippen LogP contribution is 2.38. The molecule has 1 amide bonds. The summed E-state index contributed by atoms with van der Waals surface area (Å²) in [6, 6.07) is 11.2. The van der Waals surface area contributed by atoms with Crippen molar-refractivity contribution < 1.29 is 22.7 Å². The van der Waals surface area contributed by atoms with E-state index in [1.807, 2.05) is 6.07 Å². The number of carbonyl (C=O) groups is 1. The Morgan fingerprint density at radius 2 is 1.92 bits per heavy atom. The van der Waals surface area contributed by atoms with Crippen LogP contribution in [0.15, 0.2) is 42.5 Å². The first-order valence-corrected chi connectivity index (χ1v) is 6.98. The fourth-order valence-corrected chi connectivity index (χ4v) is 2.11. The summed E-state index contributed by atoms with van der Waals surface area (Å²) in [6.45, 7) is -0.568. The van der Waals surface area contributed by atoms with Gasteiger partial charge in [-0.2, -0.15) is 18.4 Å². The molecule has 0 heterocycles. The van der Waals surface area contributed by atoms with Gasteiger partial charge < -0.3 is 10.1 Å². The van der Waals surface area contributed by atoms with E-state index in [0.29, 0.717) is 0 Å². The summed E-state index contributed by atoms with van der Waals surface area (Å²) in [6.07, 6.45) is -4.66. The van der Waals surface area contributed by atoms with Crippen molar-refractivity contribution in [3.63, 3.8) is 0 Å². The molecular weight excluding hydrogens is 345 g/mol. The molecule has 8 heteroatoms. The van der Waals surface area contributed by atoms with Gasteiger partial charge in [0, 0.05) is 0 Å². The van der Waals surface area contributed by atoms with Gasteiger partial charge in [0.15, 0.2) is 6.61 Å². The van der Waals surface area contributed by atoms with Crippen LogP contribution in [0.25, 0.3) is 0 Å². The Hall–Kier alpha value is -2.72. The van der Waals surface area contributed by atoms with Crippen LogP contribution in [0, 0.1) is 11.3 Å². The number of benzene rings is 2. The van der Waals surface area contributed by atoms with Crippen LogP contribution in [-0.2, 0) is 11.0 Å². The molecule has 0 unspecified atom stereocenters. The van der Waals surface area contributed by atoms with Crippen LogP contribution in [0.4, 0.5) is 18.9 Å². The molecule has 0 aliphatic carbocycles. The first-order valence-electron chi connectivity index (χ1n) is 6.60.